The van der Waals surface area contributed by atoms with Crippen molar-refractivity contribution in [2.45, 2.75) is 32.2 Å². The van der Waals surface area contributed by atoms with Gasteiger partial charge in [-0.15, -0.1) is 0 Å². The molecule has 2 N–H and O–H groups in total. The largest absolute Gasteiger partial charge is 0.505 e. The van der Waals surface area contributed by atoms with Gasteiger partial charge < -0.3 is 15.1 Å². The van der Waals surface area contributed by atoms with Crippen LogP contribution in [0.3, 0.4) is 0 Å². The fraction of sp³-hybridized carbons (Fsp3) is 0.500. The van der Waals surface area contributed by atoms with E-state index in [1.54, 1.807) is 4.90 Å². The van der Waals surface area contributed by atoms with Gasteiger partial charge in [0.15, 0.2) is 11.6 Å². The molecule has 118 valence electrons. The highest BCUT2D eigenvalue weighted by Crippen LogP contribution is 2.33. The van der Waals surface area contributed by atoms with E-state index in [9.17, 15) is 19.1 Å². The van der Waals surface area contributed by atoms with Gasteiger partial charge >= 0.3 is 5.97 Å². The number of hydrogen-bond donors (Lipinski definition) is 2. The second-order valence-corrected chi connectivity index (χ2v) is 6.20. The summed E-state index contributed by atoms with van der Waals surface area (Å²) in [7, 11) is 0. The Labute approximate surface area is 127 Å². The molecular weight excluding hydrogens is 289 g/mol. The number of carboxylic acids is 1. The van der Waals surface area contributed by atoms with E-state index in [4.69, 9.17) is 5.11 Å². The Morgan fingerprint density at radius 3 is 2.59 bits per heavy atom. The molecule has 6 heteroatoms. The van der Waals surface area contributed by atoms with Crippen LogP contribution in [0.15, 0.2) is 12.1 Å². The number of carboxylic acid groups (broad SMARTS) is 1. The van der Waals surface area contributed by atoms with E-state index < -0.39 is 17.5 Å². The van der Waals surface area contributed by atoms with E-state index in [-0.39, 0.29) is 17.7 Å². The molecule has 0 spiro atoms. The predicted octanol–water partition coefficient (Wildman–Crippen LogP) is 2.38. The van der Waals surface area contributed by atoms with Gasteiger partial charge in [-0.05, 0) is 49.3 Å². The number of phenolic OH excluding ortho intramolecular Hbond substituents is 1. The summed E-state index contributed by atoms with van der Waals surface area (Å²) in [6.07, 6.45) is 2.86. The number of benzene rings is 1. The summed E-state index contributed by atoms with van der Waals surface area (Å²) < 4.78 is 13.4. The van der Waals surface area contributed by atoms with Crippen molar-refractivity contribution in [1.82, 2.24) is 4.90 Å². The van der Waals surface area contributed by atoms with Gasteiger partial charge in [0.2, 0.25) is 0 Å². The number of nitrogens with zero attached hydrogens (tertiary/aromatic N) is 1. The molecule has 1 aromatic rings. The Balaban J connectivity index is 1.64. The van der Waals surface area contributed by atoms with Gasteiger partial charge in [0.25, 0.3) is 5.91 Å². The lowest BCUT2D eigenvalue weighted by Crippen LogP contribution is -2.32. The molecule has 0 bridgehead atoms. The van der Waals surface area contributed by atoms with Crippen LogP contribution in [-0.4, -0.2) is 33.5 Å². The van der Waals surface area contributed by atoms with Crippen LogP contribution in [0.2, 0.25) is 0 Å². The molecule has 1 saturated carbocycles. The number of fused-ring (bicyclic) bond motifs is 1. The third-order valence-electron chi connectivity index (χ3n) is 4.73. The molecule has 0 saturated heterocycles. The van der Waals surface area contributed by atoms with Crippen LogP contribution in [0.1, 0.15) is 41.6 Å². The van der Waals surface area contributed by atoms with Crippen molar-refractivity contribution in [2.75, 3.05) is 6.54 Å². The summed E-state index contributed by atoms with van der Waals surface area (Å²) in [5.41, 5.74) is 0.956. The number of carbonyl (C=O) groups is 2. The maximum Gasteiger partial charge on any atom is 0.306 e. The van der Waals surface area contributed by atoms with E-state index in [0.29, 0.717) is 37.1 Å². The normalized spacial score (nSPS) is 24.4. The first-order chi connectivity index (χ1) is 10.5. The lowest BCUT2D eigenvalue weighted by molar-refractivity contribution is -0.143. The smallest absolute Gasteiger partial charge is 0.306 e. The predicted molar refractivity (Wildman–Crippen MR) is 75.9 cm³/mol. The van der Waals surface area contributed by atoms with Crippen LogP contribution < -0.4 is 0 Å². The zero-order chi connectivity index (χ0) is 15.9. The van der Waals surface area contributed by atoms with Gasteiger partial charge in [-0.3, -0.25) is 9.59 Å². The maximum atomic E-state index is 13.4. The molecular formula is C16H18FNO4. The van der Waals surface area contributed by atoms with Crippen LogP contribution in [0.5, 0.6) is 5.75 Å². The molecule has 2 aliphatic rings. The molecule has 0 atom stereocenters. The topological polar surface area (TPSA) is 77.8 Å². The summed E-state index contributed by atoms with van der Waals surface area (Å²) >= 11 is 0. The fourth-order valence-electron chi connectivity index (χ4n) is 3.43. The number of hydrogen-bond acceptors (Lipinski definition) is 3. The van der Waals surface area contributed by atoms with Crippen molar-refractivity contribution in [3.63, 3.8) is 0 Å². The van der Waals surface area contributed by atoms with E-state index >= 15 is 0 Å². The number of carbonyl (C=O) groups excluding carboxylic acids is 1. The molecule has 1 aliphatic heterocycles. The van der Waals surface area contributed by atoms with Crippen molar-refractivity contribution < 1.29 is 24.2 Å². The van der Waals surface area contributed by atoms with Crippen molar-refractivity contribution >= 4 is 11.9 Å². The molecule has 1 aliphatic carbocycles. The standard InChI is InChI=1S/C16H18FNO4/c17-13-5-11-8-18(15(20)12(11)6-14(13)19)7-9-1-3-10(4-2-9)16(21)22/h5-6,9-10,19H,1-4,7-8H2,(H,21,22)/t9-,10-. The maximum absolute atomic E-state index is 13.4. The Hall–Kier alpha value is -2.11. The molecule has 1 amide bonds. The third kappa shape index (κ3) is 2.65. The molecule has 3 rings (SSSR count). The zero-order valence-corrected chi connectivity index (χ0v) is 12.1. The van der Waals surface area contributed by atoms with Crippen LogP contribution in [0.25, 0.3) is 0 Å². The number of rotatable bonds is 3. The molecule has 1 heterocycles. The molecule has 0 radical (unpaired) electrons. The summed E-state index contributed by atoms with van der Waals surface area (Å²) in [4.78, 5) is 24.9. The van der Waals surface area contributed by atoms with Crippen LogP contribution in [0.4, 0.5) is 4.39 Å². The number of amides is 1. The Morgan fingerprint density at radius 2 is 1.95 bits per heavy atom. The highest BCUT2D eigenvalue weighted by atomic mass is 19.1. The third-order valence-corrected chi connectivity index (χ3v) is 4.73. The fourth-order valence-corrected chi connectivity index (χ4v) is 3.43. The highest BCUT2D eigenvalue weighted by molar-refractivity contribution is 5.98. The number of phenols is 1. The summed E-state index contributed by atoms with van der Waals surface area (Å²) in [6, 6.07) is 2.40. The minimum absolute atomic E-state index is 0.189. The Kier molecular flexibility index (Phi) is 3.76. The lowest BCUT2D eigenvalue weighted by Gasteiger charge is -2.29. The SMILES string of the molecule is O=C1c2cc(O)c(F)cc2CN1C[C@H]1CC[C@H](C(=O)O)CC1. The first-order valence-corrected chi connectivity index (χ1v) is 7.49. The van der Waals surface area contributed by atoms with Crippen molar-refractivity contribution in [3.8, 4) is 5.75 Å². The van der Waals surface area contributed by atoms with Gasteiger partial charge in [0.1, 0.15) is 0 Å². The lowest BCUT2D eigenvalue weighted by atomic mass is 9.82. The van der Waals surface area contributed by atoms with E-state index in [1.165, 1.54) is 12.1 Å². The zero-order valence-electron chi connectivity index (χ0n) is 12.1. The molecule has 0 aromatic heterocycles. The quantitative estimate of drug-likeness (QED) is 0.898. The van der Waals surface area contributed by atoms with E-state index in [1.807, 2.05) is 0 Å². The summed E-state index contributed by atoms with van der Waals surface area (Å²) in [6.45, 7) is 0.909. The monoisotopic (exact) mass is 307 g/mol. The van der Waals surface area contributed by atoms with E-state index in [0.717, 1.165) is 12.8 Å². The summed E-state index contributed by atoms with van der Waals surface area (Å²) in [5, 5.41) is 18.4. The average Bonchev–Trinajstić information content (AvgIpc) is 2.77. The van der Waals surface area contributed by atoms with Crippen LogP contribution >= 0.6 is 0 Å². The van der Waals surface area contributed by atoms with Gasteiger partial charge in [0.05, 0.1) is 5.92 Å². The molecule has 22 heavy (non-hydrogen) atoms. The second kappa shape index (κ2) is 5.59. The van der Waals surface area contributed by atoms with Gasteiger partial charge in [-0.2, -0.15) is 0 Å². The molecule has 1 aromatic carbocycles. The average molecular weight is 307 g/mol. The van der Waals surface area contributed by atoms with Crippen molar-refractivity contribution in [3.05, 3.63) is 29.1 Å². The molecule has 1 fully saturated rings. The van der Waals surface area contributed by atoms with Crippen LogP contribution in [-0.2, 0) is 11.3 Å². The minimum Gasteiger partial charge on any atom is -0.505 e. The van der Waals surface area contributed by atoms with Crippen LogP contribution in [0, 0.1) is 17.7 Å². The first kappa shape index (κ1) is 14.8. The Morgan fingerprint density at radius 1 is 1.27 bits per heavy atom. The minimum atomic E-state index is -0.742. The van der Waals surface area contributed by atoms with Crippen molar-refractivity contribution in [1.29, 1.82) is 0 Å². The highest BCUT2D eigenvalue weighted by Gasteiger charge is 2.32. The van der Waals surface area contributed by atoms with Gasteiger partial charge in [-0.1, -0.05) is 0 Å². The Bertz CT molecular complexity index is 623. The molecule has 0 unspecified atom stereocenters. The van der Waals surface area contributed by atoms with Gasteiger partial charge in [0, 0.05) is 18.7 Å². The van der Waals surface area contributed by atoms with Gasteiger partial charge in [-0.25, -0.2) is 4.39 Å². The number of halogens is 1. The van der Waals surface area contributed by atoms with E-state index in [2.05, 4.69) is 0 Å². The number of aromatic hydroxyl groups is 1. The first-order valence-electron chi connectivity index (χ1n) is 7.49. The number of aliphatic carboxylic acids is 1. The summed E-state index contributed by atoms with van der Waals surface area (Å²) in [5.74, 6) is -2.13. The molecule has 5 nitrogen and oxygen atoms in total. The second-order valence-electron chi connectivity index (χ2n) is 6.20. The van der Waals surface area contributed by atoms with Crippen molar-refractivity contribution in [2.24, 2.45) is 11.8 Å².